The summed E-state index contributed by atoms with van der Waals surface area (Å²) in [6, 6.07) is 0. The lowest BCUT2D eigenvalue weighted by molar-refractivity contribution is 0.0520. The standard InChI is InChI=1S/C13H19NO2S/c1-3-16-13(15)11-8-17-12(14-11)10-6-4-9(2)5-7-10/h8-10H,3-7H2,1-2H3. The number of hydrogen-bond donors (Lipinski definition) is 0. The Morgan fingerprint density at radius 2 is 2.18 bits per heavy atom. The maximum atomic E-state index is 11.5. The number of esters is 1. The Kier molecular flexibility index (Phi) is 4.15. The number of hydrogen-bond acceptors (Lipinski definition) is 4. The summed E-state index contributed by atoms with van der Waals surface area (Å²) < 4.78 is 4.95. The number of nitrogens with zero attached hydrogens (tertiary/aromatic N) is 1. The molecule has 0 N–H and O–H groups in total. The molecule has 2 rings (SSSR count). The minimum atomic E-state index is -0.292. The van der Waals surface area contributed by atoms with E-state index in [0.717, 1.165) is 10.9 Å². The van der Waals surface area contributed by atoms with Crippen molar-refractivity contribution >= 4 is 17.3 Å². The van der Waals surface area contributed by atoms with E-state index in [1.54, 1.807) is 11.3 Å². The number of carbonyl (C=O) groups is 1. The highest BCUT2D eigenvalue weighted by Gasteiger charge is 2.23. The van der Waals surface area contributed by atoms with Crippen molar-refractivity contribution in [2.75, 3.05) is 6.61 Å². The summed E-state index contributed by atoms with van der Waals surface area (Å²) in [5.41, 5.74) is 0.477. The Balaban J connectivity index is 2.00. The van der Waals surface area contributed by atoms with Crippen LogP contribution >= 0.6 is 11.3 Å². The van der Waals surface area contributed by atoms with E-state index in [2.05, 4.69) is 11.9 Å². The van der Waals surface area contributed by atoms with Gasteiger partial charge in [0.15, 0.2) is 5.69 Å². The van der Waals surface area contributed by atoms with Crippen molar-refractivity contribution in [1.29, 1.82) is 0 Å². The van der Waals surface area contributed by atoms with Gasteiger partial charge in [-0.1, -0.05) is 19.8 Å². The lowest BCUT2D eigenvalue weighted by Crippen LogP contribution is -2.11. The summed E-state index contributed by atoms with van der Waals surface area (Å²) in [7, 11) is 0. The predicted molar refractivity (Wildman–Crippen MR) is 68.4 cm³/mol. The van der Waals surface area contributed by atoms with Gasteiger partial charge >= 0.3 is 5.97 Å². The van der Waals surface area contributed by atoms with E-state index in [-0.39, 0.29) is 5.97 Å². The summed E-state index contributed by atoms with van der Waals surface area (Å²) in [5, 5.41) is 2.94. The Labute approximate surface area is 106 Å². The van der Waals surface area contributed by atoms with Crippen molar-refractivity contribution in [2.24, 2.45) is 5.92 Å². The monoisotopic (exact) mass is 253 g/mol. The number of rotatable bonds is 3. The van der Waals surface area contributed by atoms with Gasteiger partial charge in [0, 0.05) is 11.3 Å². The van der Waals surface area contributed by atoms with Crippen LogP contribution in [0, 0.1) is 5.92 Å². The van der Waals surface area contributed by atoms with E-state index in [1.807, 2.05) is 12.3 Å². The van der Waals surface area contributed by atoms with E-state index in [4.69, 9.17) is 4.74 Å². The molecule has 0 atom stereocenters. The fourth-order valence-corrected chi connectivity index (χ4v) is 3.24. The molecule has 1 heterocycles. The van der Waals surface area contributed by atoms with Crippen molar-refractivity contribution in [3.05, 3.63) is 16.1 Å². The molecule has 0 aromatic carbocycles. The summed E-state index contributed by atoms with van der Waals surface area (Å²) in [4.78, 5) is 15.9. The lowest BCUT2D eigenvalue weighted by Gasteiger charge is -2.24. The Hall–Kier alpha value is -0.900. The minimum Gasteiger partial charge on any atom is -0.461 e. The molecule has 1 aliphatic rings. The second-order valence-electron chi connectivity index (χ2n) is 4.75. The lowest BCUT2D eigenvalue weighted by atomic mass is 9.83. The molecule has 0 spiro atoms. The van der Waals surface area contributed by atoms with Crippen LogP contribution < -0.4 is 0 Å². The van der Waals surface area contributed by atoms with Gasteiger partial charge in [0.25, 0.3) is 0 Å². The average molecular weight is 253 g/mol. The second-order valence-corrected chi connectivity index (χ2v) is 5.64. The van der Waals surface area contributed by atoms with Gasteiger partial charge in [-0.15, -0.1) is 11.3 Å². The quantitative estimate of drug-likeness (QED) is 0.772. The molecule has 0 bridgehead atoms. The third kappa shape index (κ3) is 3.06. The maximum absolute atomic E-state index is 11.5. The number of carbonyl (C=O) groups excluding carboxylic acids is 1. The number of ether oxygens (including phenoxy) is 1. The molecule has 0 aliphatic heterocycles. The Morgan fingerprint density at radius 3 is 2.82 bits per heavy atom. The van der Waals surface area contributed by atoms with Crippen molar-refractivity contribution in [1.82, 2.24) is 4.98 Å². The SMILES string of the molecule is CCOC(=O)c1csc(C2CCC(C)CC2)n1. The molecule has 17 heavy (non-hydrogen) atoms. The van der Waals surface area contributed by atoms with Crippen LogP contribution in [-0.4, -0.2) is 17.6 Å². The fraction of sp³-hybridized carbons (Fsp3) is 0.692. The van der Waals surface area contributed by atoms with Gasteiger partial charge in [-0.3, -0.25) is 0 Å². The largest absolute Gasteiger partial charge is 0.461 e. The zero-order chi connectivity index (χ0) is 12.3. The third-order valence-electron chi connectivity index (χ3n) is 3.37. The Morgan fingerprint density at radius 1 is 1.47 bits per heavy atom. The van der Waals surface area contributed by atoms with Crippen molar-refractivity contribution in [3.8, 4) is 0 Å². The molecule has 0 unspecified atom stereocenters. The molecule has 1 aromatic rings. The smallest absolute Gasteiger partial charge is 0.357 e. The van der Waals surface area contributed by atoms with Gasteiger partial charge in [0.1, 0.15) is 0 Å². The minimum absolute atomic E-state index is 0.292. The van der Waals surface area contributed by atoms with Crippen LogP contribution in [0.3, 0.4) is 0 Å². The van der Waals surface area contributed by atoms with E-state index >= 15 is 0 Å². The molecule has 1 fully saturated rings. The van der Waals surface area contributed by atoms with Crippen LogP contribution in [-0.2, 0) is 4.74 Å². The van der Waals surface area contributed by atoms with Gasteiger partial charge in [-0.05, 0) is 25.7 Å². The molecule has 94 valence electrons. The van der Waals surface area contributed by atoms with Gasteiger partial charge in [0.2, 0.25) is 0 Å². The molecule has 1 saturated carbocycles. The molecule has 1 aromatic heterocycles. The summed E-state index contributed by atoms with van der Waals surface area (Å²) in [6.07, 6.45) is 4.96. The van der Waals surface area contributed by atoms with Crippen LogP contribution in [0.5, 0.6) is 0 Å². The topological polar surface area (TPSA) is 39.2 Å². The summed E-state index contributed by atoms with van der Waals surface area (Å²) in [5.74, 6) is 1.11. The normalized spacial score (nSPS) is 24.6. The number of thiazole rings is 1. The molecule has 1 aliphatic carbocycles. The fourth-order valence-electron chi connectivity index (χ4n) is 2.28. The third-order valence-corrected chi connectivity index (χ3v) is 4.38. The van der Waals surface area contributed by atoms with Crippen molar-refractivity contribution in [2.45, 2.75) is 45.4 Å². The van der Waals surface area contributed by atoms with Crippen molar-refractivity contribution in [3.63, 3.8) is 0 Å². The summed E-state index contributed by atoms with van der Waals surface area (Å²) in [6.45, 7) is 4.53. The summed E-state index contributed by atoms with van der Waals surface area (Å²) >= 11 is 1.60. The second kappa shape index (κ2) is 5.63. The molecular formula is C13H19NO2S. The number of aromatic nitrogens is 1. The van der Waals surface area contributed by atoms with E-state index in [9.17, 15) is 4.79 Å². The molecule has 0 saturated heterocycles. The maximum Gasteiger partial charge on any atom is 0.357 e. The Bertz CT molecular complexity index is 381. The molecular weight excluding hydrogens is 234 g/mol. The highest BCUT2D eigenvalue weighted by molar-refractivity contribution is 7.09. The van der Waals surface area contributed by atoms with Gasteiger partial charge in [0.05, 0.1) is 11.6 Å². The van der Waals surface area contributed by atoms with Crippen LogP contribution in [0.1, 0.15) is 60.9 Å². The molecule has 0 amide bonds. The van der Waals surface area contributed by atoms with E-state index in [1.165, 1.54) is 25.7 Å². The van der Waals surface area contributed by atoms with E-state index in [0.29, 0.717) is 18.2 Å². The highest BCUT2D eigenvalue weighted by atomic mass is 32.1. The van der Waals surface area contributed by atoms with Gasteiger partial charge in [-0.25, -0.2) is 9.78 Å². The zero-order valence-corrected chi connectivity index (χ0v) is 11.3. The first-order valence-corrected chi connectivity index (χ1v) is 7.21. The van der Waals surface area contributed by atoms with Crippen LogP contribution in [0.15, 0.2) is 5.38 Å². The van der Waals surface area contributed by atoms with Crippen molar-refractivity contribution < 1.29 is 9.53 Å². The molecule has 3 nitrogen and oxygen atoms in total. The highest BCUT2D eigenvalue weighted by Crippen LogP contribution is 2.36. The predicted octanol–water partition coefficient (Wildman–Crippen LogP) is 3.61. The van der Waals surface area contributed by atoms with Gasteiger partial charge in [-0.2, -0.15) is 0 Å². The molecule has 0 radical (unpaired) electrons. The first-order chi connectivity index (χ1) is 8.20. The van der Waals surface area contributed by atoms with Crippen LogP contribution in [0.2, 0.25) is 0 Å². The van der Waals surface area contributed by atoms with Crippen LogP contribution in [0.25, 0.3) is 0 Å². The van der Waals surface area contributed by atoms with Gasteiger partial charge < -0.3 is 4.74 Å². The zero-order valence-electron chi connectivity index (χ0n) is 10.4. The van der Waals surface area contributed by atoms with Crippen LogP contribution in [0.4, 0.5) is 0 Å². The average Bonchev–Trinajstić information content (AvgIpc) is 2.80. The first-order valence-electron chi connectivity index (χ1n) is 6.33. The first kappa shape index (κ1) is 12.6. The van der Waals surface area contributed by atoms with E-state index < -0.39 is 0 Å². The molecule has 4 heteroatoms.